The molecule has 5 aromatic heterocycles. The summed E-state index contributed by atoms with van der Waals surface area (Å²) in [5, 5.41) is 22.8. The molecule has 3 aliphatic rings. The van der Waals surface area contributed by atoms with Gasteiger partial charge in [0.2, 0.25) is 0 Å². The van der Waals surface area contributed by atoms with Gasteiger partial charge in [-0.3, -0.25) is 19.1 Å². The van der Waals surface area contributed by atoms with Gasteiger partial charge in [0.25, 0.3) is 11.1 Å². The fourth-order valence-electron chi connectivity index (χ4n) is 7.87. The minimum Gasteiger partial charge on any atom is -0.392 e. The molecule has 14 heteroatoms. The van der Waals surface area contributed by atoms with Crippen LogP contribution in [-0.2, 0) is 31.2 Å². The van der Waals surface area contributed by atoms with Gasteiger partial charge in [0.1, 0.15) is 17.0 Å². The molecule has 2 aliphatic heterocycles. The van der Waals surface area contributed by atoms with Crippen LogP contribution in [-0.4, -0.2) is 83.7 Å². The van der Waals surface area contributed by atoms with Crippen LogP contribution < -0.4 is 21.3 Å². The summed E-state index contributed by atoms with van der Waals surface area (Å²) < 4.78 is 10.4. The van der Waals surface area contributed by atoms with Crippen molar-refractivity contribution < 1.29 is 9.84 Å². The number of aliphatic hydroxyl groups excluding tert-OH is 1. The number of nitrogens with zero attached hydrogens (tertiary/aromatic N) is 8. The van der Waals surface area contributed by atoms with Gasteiger partial charge < -0.3 is 29.0 Å². The monoisotopic (exact) mass is 711 g/mol. The number of anilines is 3. The molecule has 2 N–H and O–H groups in total. The van der Waals surface area contributed by atoms with Crippen LogP contribution in [0.3, 0.4) is 0 Å². The first-order chi connectivity index (χ1) is 24.1. The average molecular weight is 712 g/mol. The van der Waals surface area contributed by atoms with Crippen molar-refractivity contribution in [1.29, 1.82) is 0 Å². The fourth-order valence-corrected chi connectivity index (χ4v) is 7.87. The zero-order valence-electron chi connectivity index (χ0n) is 29.5. The topological polar surface area (TPSA) is 135 Å². The number of nitrogens with one attached hydrogen (secondary N) is 1. The molecule has 0 aromatic carbocycles. The number of aryl methyl sites for hydroxylation is 1. The normalized spacial score (nSPS) is 18.8. The quantitative estimate of drug-likeness (QED) is 0.247. The molecule has 13 nitrogen and oxygen atoms in total. The van der Waals surface area contributed by atoms with Gasteiger partial charge in [-0.2, -0.15) is 13.5 Å². The fraction of sp³-hybridized carbons (Fsp3) is 0.432. The number of hydrogen-bond donors (Lipinski definition) is 2. The molecular formula is C37H45N9O4S. The highest BCUT2D eigenvalue weighted by Gasteiger charge is 2.34. The molecule has 268 valence electrons. The summed E-state index contributed by atoms with van der Waals surface area (Å²) >= 11 is 0. The largest absolute Gasteiger partial charge is 0.392 e. The Morgan fingerprint density at radius 1 is 1.04 bits per heavy atom. The Bertz CT molecular complexity index is 2210. The summed E-state index contributed by atoms with van der Waals surface area (Å²) in [6.07, 6.45) is 9.78. The van der Waals surface area contributed by atoms with E-state index in [-0.39, 0.29) is 36.6 Å². The minimum atomic E-state index is -0.359. The van der Waals surface area contributed by atoms with E-state index in [4.69, 9.17) is 4.74 Å². The summed E-state index contributed by atoms with van der Waals surface area (Å²) in [7, 11) is 1.68. The summed E-state index contributed by atoms with van der Waals surface area (Å²) in [5.41, 5.74) is 4.78. The third kappa shape index (κ3) is 6.24. The maximum Gasteiger partial charge on any atom is 0.280 e. The number of ether oxygens (including phenoxy) is 1. The number of rotatable bonds is 8. The van der Waals surface area contributed by atoms with Crippen LogP contribution in [0.15, 0.2) is 64.7 Å². The van der Waals surface area contributed by atoms with Gasteiger partial charge in [-0.1, -0.05) is 20.8 Å². The van der Waals surface area contributed by atoms with Gasteiger partial charge in [-0.15, -0.1) is 10.2 Å². The molecule has 7 heterocycles. The maximum absolute atomic E-state index is 13.8. The molecule has 0 unspecified atom stereocenters. The van der Waals surface area contributed by atoms with Crippen molar-refractivity contribution in [2.45, 2.75) is 58.7 Å². The average Bonchev–Trinajstić information content (AvgIpc) is 3.58. The first-order valence-corrected chi connectivity index (χ1v) is 17.4. The molecule has 2 saturated heterocycles. The van der Waals surface area contributed by atoms with Crippen LogP contribution in [0.4, 0.5) is 17.3 Å². The molecule has 0 radical (unpaired) electrons. The van der Waals surface area contributed by atoms with Gasteiger partial charge >= 0.3 is 0 Å². The van der Waals surface area contributed by atoms with Crippen LogP contribution in [0.5, 0.6) is 0 Å². The zero-order chi connectivity index (χ0) is 34.7. The number of aliphatic hydroxyl groups is 1. The number of fused-ring (bicyclic) bond motifs is 3. The Hall–Kier alpha value is -4.50. The van der Waals surface area contributed by atoms with Crippen molar-refractivity contribution in [3.63, 3.8) is 0 Å². The number of hydrogen-bond acceptors (Lipinski definition) is 10. The molecule has 0 spiro atoms. The van der Waals surface area contributed by atoms with Crippen LogP contribution in [0, 0.1) is 5.41 Å². The van der Waals surface area contributed by atoms with Crippen LogP contribution in [0.2, 0.25) is 0 Å². The standard InChI is InChI=1S/C37H43N9O4.H2S/c1-5-25-19-43(26-21-50-22-26)10-11-44(25)33-7-6-32(40-41-33)39-29-14-24(18-42(4)35(29)48)27-8-9-38-34(28(27)20-47)46-13-12-45-30(36(46)49)15-23-16-37(2,3)17-31(23)45;/h6-9,12-15,18,25-26,47H,5,10-11,16-17,19-22H2,1-4H3,(H,39,40);1H2/t25-;/m0./s1. The lowest BCUT2D eigenvalue weighted by molar-refractivity contribution is -0.0699. The molecule has 1 aliphatic carbocycles. The van der Waals surface area contributed by atoms with Gasteiger partial charge in [-0.25, -0.2) is 4.98 Å². The Morgan fingerprint density at radius 3 is 2.57 bits per heavy atom. The first kappa shape index (κ1) is 34.9. The highest BCUT2D eigenvalue weighted by Crippen LogP contribution is 2.37. The van der Waals surface area contributed by atoms with Crippen molar-refractivity contribution in [2.75, 3.05) is 43.1 Å². The second-order valence-electron chi connectivity index (χ2n) is 14.6. The van der Waals surface area contributed by atoms with E-state index in [0.29, 0.717) is 51.6 Å². The number of pyridine rings is 2. The maximum atomic E-state index is 13.8. The SMILES string of the molecule is CC[C@H]1CN(C2COC2)CCN1c1ccc(Nc2cc(-c3ccnc(-n4ccn5c6c(cc5c4=O)CC(C)(C)C6)c3CO)cn(C)c2=O)nn1.S. The first-order valence-electron chi connectivity index (χ1n) is 17.4. The van der Waals surface area contributed by atoms with E-state index in [0.717, 1.165) is 57.9 Å². The summed E-state index contributed by atoms with van der Waals surface area (Å²) in [5.74, 6) is 1.60. The molecule has 1 atom stereocenters. The molecule has 8 rings (SSSR count). The van der Waals surface area contributed by atoms with Gasteiger partial charge in [0.05, 0.1) is 25.9 Å². The molecular weight excluding hydrogens is 667 g/mol. The number of aromatic nitrogens is 6. The molecule has 5 aromatic rings. The third-order valence-corrected chi connectivity index (χ3v) is 10.6. The van der Waals surface area contributed by atoms with Gasteiger partial charge in [0, 0.05) is 74.3 Å². The summed E-state index contributed by atoms with van der Waals surface area (Å²) in [6, 6.07) is 10.1. The van der Waals surface area contributed by atoms with E-state index < -0.39 is 0 Å². The highest BCUT2D eigenvalue weighted by molar-refractivity contribution is 7.59. The third-order valence-electron chi connectivity index (χ3n) is 10.6. The Balaban J connectivity index is 0.00000406. The van der Waals surface area contributed by atoms with Gasteiger partial charge in [0.15, 0.2) is 11.6 Å². The van der Waals surface area contributed by atoms with E-state index in [9.17, 15) is 14.7 Å². The summed E-state index contributed by atoms with van der Waals surface area (Å²) in [6.45, 7) is 10.7. The van der Waals surface area contributed by atoms with E-state index in [1.54, 1.807) is 37.8 Å². The second-order valence-corrected chi connectivity index (χ2v) is 14.6. The van der Waals surface area contributed by atoms with Crippen molar-refractivity contribution in [2.24, 2.45) is 12.5 Å². The van der Waals surface area contributed by atoms with Crippen molar-refractivity contribution in [3.05, 3.63) is 92.6 Å². The van der Waals surface area contributed by atoms with Crippen molar-refractivity contribution in [3.8, 4) is 16.9 Å². The van der Waals surface area contributed by atoms with Crippen LogP contribution in [0.1, 0.15) is 44.0 Å². The summed E-state index contributed by atoms with van der Waals surface area (Å²) in [4.78, 5) is 36.5. The van der Waals surface area contributed by atoms with E-state index in [1.165, 1.54) is 20.4 Å². The molecule has 0 amide bonds. The zero-order valence-corrected chi connectivity index (χ0v) is 30.5. The van der Waals surface area contributed by atoms with Crippen molar-refractivity contribution in [1.82, 2.24) is 33.6 Å². The Morgan fingerprint density at radius 2 is 1.86 bits per heavy atom. The minimum absolute atomic E-state index is 0. The highest BCUT2D eigenvalue weighted by atomic mass is 32.1. The van der Waals surface area contributed by atoms with E-state index in [2.05, 4.69) is 51.1 Å². The second kappa shape index (κ2) is 13.6. The molecule has 2 fully saturated rings. The van der Waals surface area contributed by atoms with E-state index in [1.807, 2.05) is 28.8 Å². The van der Waals surface area contributed by atoms with E-state index >= 15 is 0 Å². The lowest BCUT2D eigenvalue weighted by Gasteiger charge is -2.46. The predicted octanol–water partition coefficient (Wildman–Crippen LogP) is 3.41. The van der Waals surface area contributed by atoms with Crippen LogP contribution >= 0.6 is 13.5 Å². The smallest absolute Gasteiger partial charge is 0.280 e. The predicted molar refractivity (Wildman–Crippen MR) is 202 cm³/mol. The van der Waals surface area contributed by atoms with Crippen LogP contribution in [0.25, 0.3) is 22.5 Å². The number of piperazine rings is 1. The molecule has 0 saturated carbocycles. The van der Waals surface area contributed by atoms with Gasteiger partial charge in [-0.05, 0) is 66.1 Å². The Kier molecular flexibility index (Phi) is 9.29. The lowest BCUT2D eigenvalue weighted by atomic mass is 9.90. The molecule has 51 heavy (non-hydrogen) atoms. The Labute approximate surface area is 303 Å². The lowest BCUT2D eigenvalue weighted by Crippen LogP contribution is -2.60. The molecule has 0 bridgehead atoms. The van der Waals surface area contributed by atoms with Crippen molar-refractivity contribution >= 4 is 36.3 Å².